The second-order valence-corrected chi connectivity index (χ2v) is 4.99. The van der Waals surface area contributed by atoms with Crippen LogP contribution in [0.4, 0.5) is 0 Å². The molecule has 2 bridgehead atoms. The van der Waals surface area contributed by atoms with Crippen LogP contribution in [0.2, 0.25) is 0 Å². The molecule has 0 aromatic carbocycles. The van der Waals surface area contributed by atoms with E-state index in [0.29, 0.717) is 18.5 Å². The zero-order chi connectivity index (χ0) is 13.7. The molecule has 1 aromatic rings. The normalized spacial score (nSPS) is 29.1. The molecule has 3 aliphatic rings. The van der Waals surface area contributed by atoms with Crippen LogP contribution in [0.3, 0.4) is 0 Å². The summed E-state index contributed by atoms with van der Waals surface area (Å²) in [5, 5.41) is 14.9. The van der Waals surface area contributed by atoms with Crippen molar-refractivity contribution < 1.29 is 19.5 Å². The van der Waals surface area contributed by atoms with Gasteiger partial charge in [-0.25, -0.2) is 5.06 Å². The largest absolute Gasteiger partial charge is 0.468 e. The minimum Gasteiger partial charge on any atom is -0.468 e. The standard InChI is InChI=1S/C12H15N3O4/c1-14-10-7(5-13-14)8-4-3-6(11(16)15(8)18)9(10)12(17)19-2/h5-6,8-9,18H,3-4H2,1-2H3/t6?,8-,9-/m0/s1. The molecule has 1 N–H and O–H groups in total. The highest BCUT2D eigenvalue weighted by molar-refractivity contribution is 5.90. The summed E-state index contributed by atoms with van der Waals surface area (Å²) >= 11 is 0. The number of fused-ring (bicyclic) bond motifs is 2. The molecule has 3 atom stereocenters. The van der Waals surface area contributed by atoms with Crippen molar-refractivity contribution in [3.05, 3.63) is 17.5 Å². The highest BCUT2D eigenvalue weighted by atomic mass is 16.5. The number of aryl methyl sites for hydroxylation is 1. The molecule has 1 fully saturated rings. The Kier molecular flexibility index (Phi) is 2.60. The Morgan fingerprint density at radius 3 is 2.95 bits per heavy atom. The number of hydrogen-bond acceptors (Lipinski definition) is 5. The van der Waals surface area contributed by atoms with Gasteiger partial charge in [-0.3, -0.25) is 19.5 Å². The molecule has 1 aromatic heterocycles. The van der Waals surface area contributed by atoms with E-state index in [4.69, 9.17) is 4.74 Å². The quantitative estimate of drug-likeness (QED) is 0.585. The van der Waals surface area contributed by atoms with Crippen molar-refractivity contribution in [2.24, 2.45) is 13.0 Å². The van der Waals surface area contributed by atoms with Gasteiger partial charge in [0.15, 0.2) is 0 Å². The van der Waals surface area contributed by atoms with Crippen molar-refractivity contribution >= 4 is 11.9 Å². The summed E-state index contributed by atoms with van der Waals surface area (Å²) in [4.78, 5) is 24.2. The van der Waals surface area contributed by atoms with E-state index in [1.165, 1.54) is 7.11 Å². The highest BCUT2D eigenvalue weighted by Crippen LogP contribution is 2.46. The Bertz CT molecular complexity index is 553. The molecule has 102 valence electrons. The zero-order valence-electron chi connectivity index (χ0n) is 10.7. The van der Waals surface area contributed by atoms with E-state index < -0.39 is 29.8 Å². The van der Waals surface area contributed by atoms with Gasteiger partial charge in [0.05, 0.1) is 31.0 Å². The van der Waals surface area contributed by atoms with Gasteiger partial charge in [-0.1, -0.05) is 0 Å². The molecule has 1 aliphatic carbocycles. The summed E-state index contributed by atoms with van der Waals surface area (Å²) in [7, 11) is 3.03. The van der Waals surface area contributed by atoms with Crippen molar-refractivity contribution in [2.75, 3.05) is 7.11 Å². The van der Waals surface area contributed by atoms with Crippen LogP contribution < -0.4 is 0 Å². The number of aromatic nitrogens is 2. The summed E-state index contributed by atoms with van der Waals surface area (Å²) in [6, 6.07) is -0.415. The van der Waals surface area contributed by atoms with Crippen LogP contribution in [0.5, 0.6) is 0 Å². The number of nitrogens with zero attached hydrogens (tertiary/aromatic N) is 3. The van der Waals surface area contributed by atoms with Crippen molar-refractivity contribution in [1.29, 1.82) is 0 Å². The topological polar surface area (TPSA) is 84.7 Å². The minimum atomic E-state index is -0.692. The fourth-order valence-corrected chi connectivity index (χ4v) is 3.20. The molecule has 0 saturated carbocycles. The van der Waals surface area contributed by atoms with Gasteiger partial charge in [-0.2, -0.15) is 5.10 Å². The molecule has 2 aliphatic heterocycles. The molecule has 4 rings (SSSR count). The first kappa shape index (κ1) is 12.2. The Balaban J connectivity index is 2.21. The average Bonchev–Trinajstić information content (AvgIpc) is 2.65. The third-order valence-electron chi connectivity index (χ3n) is 4.11. The predicted molar refractivity (Wildman–Crippen MR) is 62.1 cm³/mol. The third-order valence-corrected chi connectivity index (χ3v) is 4.11. The first-order valence-electron chi connectivity index (χ1n) is 6.17. The summed E-state index contributed by atoms with van der Waals surface area (Å²) in [6.07, 6.45) is 2.80. The van der Waals surface area contributed by atoms with E-state index >= 15 is 0 Å². The lowest BCUT2D eigenvalue weighted by Crippen LogP contribution is -2.42. The minimum absolute atomic E-state index is 0.414. The number of ether oxygens (including phenoxy) is 1. The van der Waals surface area contributed by atoms with Gasteiger partial charge in [0.25, 0.3) is 5.91 Å². The highest BCUT2D eigenvalue weighted by Gasteiger charge is 2.50. The van der Waals surface area contributed by atoms with Crippen LogP contribution in [0.25, 0.3) is 0 Å². The van der Waals surface area contributed by atoms with Gasteiger partial charge in [-0.05, 0) is 12.8 Å². The van der Waals surface area contributed by atoms with E-state index in [9.17, 15) is 14.8 Å². The lowest BCUT2D eigenvalue weighted by Gasteiger charge is -2.32. The zero-order valence-corrected chi connectivity index (χ0v) is 10.7. The van der Waals surface area contributed by atoms with Crippen LogP contribution in [-0.2, 0) is 21.4 Å². The van der Waals surface area contributed by atoms with E-state index in [1.54, 1.807) is 17.9 Å². The number of hydroxylamine groups is 2. The number of amides is 1. The Morgan fingerprint density at radius 1 is 1.53 bits per heavy atom. The van der Waals surface area contributed by atoms with E-state index in [-0.39, 0.29) is 0 Å². The maximum atomic E-state index is 12.2. The predicted octanol–water partition coefficient (Wildman–Crippen LogP) is 0.359. The molecule has 7 nitrogen and oxygen atoms in total. The van der Waals surface area contributed by atoms with Crippen molar-refractivity contribution in [2.45, 2.75) is 24.8 Å². The maximum absolute atomic E-state index is 12.2. The van der Waals surface area contributed by atoms with Crippen LogP contribution in [0.1, 0.15) is 36.1 Å². The van der Waals surface area contributed by atoms with Crippen molar-refractivity contribution in [3.8, 4) is 0 Å². The summed E-state index contributed by atoms with van der Waals surface area (Å²) in [5.41, 5.74) is 1.40. The summed E-state index contributed by atoms with van der Waals surface area (Å²) in [5.74, 6) is -2.14. The van der Waals surface area contributed by atoms with Crippen LogP contribution in [-0.4, -0.2) is 39.0 Å². The Labute approximate surface area is 109 Å². The average molecular weight is 265 g/mol. The Hall–Kier alpha value is -1.89. The summed E-state index contributed by atoms with van der Waals surface area (Å²) < 4.78 is 6.42. The Morgan fingerprint density at radius 2 is 2.26 bits per heavy atom. The molecule has 1 saturated heterocycles. The molecule has 0 radical (unpaired) electrons. The van der Waals surface area contributed by atoms with Crippen LogP contribution in [0.15, 0.2) is 6.20 Å². The number of rotatable bonds is 1. The number of methoxy groups -OCH3 is 1. The fraction of sp³-hybridized carbons (Fsp3) is 0.583. The van der Waals surface area contributed by atoms with Crippen molar-refractivity contribution in [1.82, 2.24) is 14.8 Å². The maximum Gasteiger partial charge on any atom is 0.315 e. The number of carbonyl (C=O) groups is 2. The number of hydrogen-bond donors (Lipinski definition) is 1. The van der Waals surface area contributed by atoms with E-state index in [0.717, 1.165) is 10.6 Å². The fourth-order valence-electron chi connectivity index (χ4n) is 3.20. The number of carbonyl (C=O) groups excluding carboxylic acids is 2. The van der Waals surface area contributed by atoms with Crippen molar-refractivity contribution in [3.63, 3.8) is 0 Å². The molecule has 1 amide bonds. The van der Waals surface area contributed by atoms with Crippen LogP contribution >= 0.6 is 0 Å². The molecule has 1 unspecified atom stereocenters. The number of esters is 1. The van der Waals surface area contributed by atoms with Gasteiger partial charge >= 0.3 is 5.97 Å². The SMILES string of the molecule is COC(=O)[C@@H]1c2c(cnn2C)[C@@H]2CCC1C(=O)N2O. The van der Waals surface area contributed by atoms with E-state index in [1.807, 2.05) is 0 Å². The first-order chi connectivity index (χ1) is 9.06. The first-order valence-corrected chi connectivity index (χ1v) is 6.17. The third kappa shape index (κ3) is 1.51. The van der Waals surface area contributed by atoms with Gasteiger partial charge in [0.1, 0.15) is 5.92 Å². The smallest absolute Gasteiger partial charge is 0.315 e. The van der Waals surface area contributed by atoms with Gasteiger partial charge in [0.2, 0.25) is 0 Å². The number of piperidine rings is 1. The van der Waals surface area contributed by atoms with Gasteiger partial charge < -0.3 is 4.74 Å². The lowest BCUT2D eigenvalue weighted by molar-refractivity contribution is -0.190. The molecule has 3 heterocycles. The monoisotopic (exact) mass is 265 g/mol. The van der Waals surface area contributed by atoms with Crippen LogP contribution in [0, 0.1) is 5.92 Å². The molecular formula is C12H15N3O4. The summed E-state index contributed by atoms with van der Waals surface area (Å²) in [6.45, 7) is 0. The van der Waals surface area contributed by atoms with Gasteiger partial charge in [-0.15, -0.1) is 0 Å². The lowest BCUT2D eigenvalue weighted by atomic mass is 9.85. The molecule has 19 heavy (non-hydrogen) atoms. The van der Waals surface area contributed by atoms with Gasteiger partial charge in [0, 0.05) is 12.6 Å². The second-order valence-electron chi connectivity index (χ2n) is 4.99. The molecule has 7 heteroatoms. The molecular weight excluding hydrogens is 250 g/mol. The molecule has 0 spiro atoms. The second kappa shape index (κ2) is 4.06. The van der Waals surface area contributed by atoms with E-state index in [2.05, 4.69) is 5.10 Å².